The van der Waals surface area contributed by atoms with Gasteiger partial charge in [-0.15, -0.1) is 0 Å². The Bertz CT molecular complexity index is 1060. The SMILES string of the molecule is O=C1C(=Cc2cccc(Oc3ccccc3)c2)SC(=S)N1C1CCS(=O)(=O)C1. The van der Waals surface area contributed by atoms with Crippen LogP contribution in [-0.2, 0) is 14.6 Å². The summed E-state index contributed by atoms with van der Waals surface area (Å²) in [5, 5.41) is 0. The largest absolute Gasteiger partial charge is 0.457 e. The molecule has 144 valence electrons. The molecule has 5 nitrogen and oxygen atoms in total. The highest BCUT2D eigenvalue weighted by Gasteiger charge is 2.42. The van der Waals surface area contributed by atoms with Gasteiger partial charge in [0, 0.05) is 0 Å². The van der Waals surface area contributed by atoms with Gasteiger partial charge in [0.2, 0.25) is 0 Å². The van der Waals surface area contributed by atoms with E-state index in [4.69, 9.17) is 17.0 Å². The van der Waals surface area contributed by atoms with E-state index in [1.54, 1.807) is 6.08 Å². The normalized spacial score (nSPS) is 22.8. The molecule has 2 aliphatic heterocycles. The van der Waals surface area contributed by atoms with E-state index in [0.29, 0.717) is 21.4 Å². The van der Waals surface area contributed by atoms with Crippen LogP contribution in [0.15, 0.2) is 59.5 Å². The van der Waals surface area contributed by atoms with Crippen LogP contribution in [0.5, 0.6) is 11.5 Å². The number of hydrogen-bond acceptors (Lipinski definition) is 6. The molecular formula is C20H17NO4S3. The Hall–Kier alpha value is -2.16. The molecule has 1 amide bonds. The molecule has 2 aromatic rings. The molecule has 0 saturated carbocycles. The summed E-state index contributed by atoms with van der Waals surface area (Å²) < 4.78 is 29.8. The minimum Gasteiger partial charge on any atom is -0.457 e. The highest BCUT2D eigenvalue weighted by molar-refractivity contribution is 8.26. The molecule has 2 saturated heterocycles. The highest BCUT2D eigenvalue weighted by Crippen LogP contribution is 2.36. The van der Waals surface area contributed by atoms with Gasteiger partial charge in [-0.2, -0.15) is 0 Å². The summed E-state index contributed by atoms with van der Waals surface area (Å²) in [5.74, 6) is 1.25. The summed E-state index contributed by atoms with van der Waals surface area (Å²) in [6.07, 6.45) is 2.20. The number of carbonyl (C=O) groups is 1. The van der Waals surface area contributed by atoms with Gasteiger partial charge in [-0.05, 0) is 42.3 Å². The predicted molar refractivity (Wildman–Crippen MR) is 115 cm³/mol. The summed E-state index contributed by atoms with van der Waals surface area (Å²) in [5.41, 5.74) is 0.813. The van der Waals surface area contributed by atoms with E-state index in [9.17, 15) is 13.2 Å². The molecule has 0 bridgehead atoms. The maximum atomic E-state index is 12.8. The van der Waals surface area contributed by atoms with Crippen LogP contribution in [0.25, 0.3) is 6.08 Å². The van der Waals surface area contributed by atoms with Crippen molar-refractivity contribution in [2.75, 3.05) is 11.5 Å². The number of carbonyl (C=O) groups excluding carboxylic acids is 1. The van der Waals surface area contributed by atoms with Gasteiger partial charge < -0.3 is 4.74 Å². The Morgan fingerprint density at radius 2 is 1.86 bits per heavy atom. The lowest BCUT2D eigenvalue weighted by atomic mass is 10.2. The first-order valence-corrected chi connectivity index (χ1v) is 11.8. The second-order valence-corrected chi connectivity index (χ2v) is 10.5. The lowest BCUT2D eigenvalue weighted by Crippen LogP contribution is -2.39. The fraction of sp³-hybridized carbons (Fsp3) is 0.200. The fourth-order valence-corrected chi connectivity index (χ4v) is 6.32. The Labute approximate surface area is 173 Å². The lowest BCUT2D eigenvalue weighted by Gasteiger charge is -2.20. The number of ether oxygens (including phenoxy) is 1. The number of amides is 1. The molecule has 2 aliphatic rings. The van der Waals surface area contributed by atoms with Gasteiger partial charge in [-0.1, -0.05) is 54.3 Å². The first-order valence-electron chi connectivity index (χ1n) is 8.72. The van der Waals surface area contributed by atoms with Crippen LogP contribution in [0.2, 0.25) is 0 Å². The molecule has 0 aliphatic carbocycles. The third-order valence-electron chi connectivity index (χ3n) is 4.53. The summed E-state index contributed by atoms with van der Waals surface area (Å²) in [4.78, 5) is 14.8. The van der Waals surface area contributed by atoms with Crippen LogP contribution in [0.4, 0.5) is 0 Å². The number of hydrogen-bond donors (Lipinski definition) is 0. The van der Waals surface area contributed by atoms with Crippen LogP contribution < -0.4 is 4.74 Å². The minimum atomic E-state index is -3.09. The second kappa shape index (κ2) is 7.69. The average Bonchev–Trinajstić information content (AvgIpc) is 3.14. The van der Waals surface area contributed by atoms with Crippen LogP contribution in [-0.4, -0.2) is 41.1 Å². The molecule has 0 radical (unpaired) electrons. The topological polar surface area (TPSA) is 63.7 Å². The number of thiocarbonyl (C=S) groups is 1. The monoisotopic (exact) mass is 431 g/mol. The van der Waals surface area contributed by atoms with Gasteiger partial charge >= 0.3 is 0 Å². The zero-order valence-corrected chi connectivity index (χ0v) is 17.2. The molecule has 2 aromatic carbocycles. The number of rotatable bonds is 4. The van der Waals surface area contributed by atoms with Gasteiger partial charge in [-0.3, -0.25) is 9.69 Å². The molecule has 2 fully saturated rings. The maximum absolute atomic E-state index is 12.8. The summed E-state index contributed by atoms with van der Waals surface area (Å²) in [6, 6.07) is 16.5. The zero-order chi connectivity index (χ0) is 19.7. The Morgan fingerprint density at radius 3 is 2.57 bits per heavy atom. The summed E-state index contributed by atoms with van der Waals surface area (Å²) >= 11 is 6.55. The van der Waals surface area contributed by atoms with E-state index in [0.717, 1.165) is 11.3 Å². The van der Waals surface area contributed by atoms with Crippen molar-refractivity contribution in [1.82, 2.24) is 4.90 Å². The predicted octanol–water partition coefficient (Wildman–Crippen LogP) is 3.87. The maximum Gasteiger partial charge on any atom is 0.266 e. The van der Waals surface area contributed by atoms with Crippen molar-refractivity contribution in [3.63, 3.8) is 0 Å². The van der Waals surface area contributed by atoms with Crippen molar-refractivity contribution < 1.29 is 17.9 Å². The number of para-hydroxylation sites is 1. The van der Waals surface area contributed by atoms with E-state index in [1.807, 2.05) is 54.6 Å². The van der Waals surface area contributed by atoms with Gasteiger partial charge in [-0.25, -0.2) is 8.42 Å². The third-order valence-corrected chi connectivity index (χ3v) is 7.61. The zero-order valence-electron chi connectivity index (χ0n) is 14.8. The highest BCUT2D eigenvalue weighted by atomic mass is 32.2. The average molecular weight is 432 g/mol. The van der Waals surface area contributed by atoms with Crippen molar-refractivity contribution in [1.29, 1.82) is 0 Å². The van der Waals surface area contributed by atoms with Crippen LogP contribution in [0, 0.1) is 0 Å². The smallest absolute Gasteiger partial charge is 0.266 e. The van der Waals surface area contributed by atoms with Gasteiger partial charge in [0.15, 0.2) is 9.84 Å². The quantitative estimate of drug-likeness (QED) is 0.541. The van der Waals surface area contributed by atoms with E-state index in [1.165, 1.54) is 16.7 Å². The van der Waals surface area contributed by atoms with Gasteiger partial charge in [0.1, 0.15) is 15.8 Å². The fourth-order valence-electron chi connectivity index (χ4n) is 3.22. The first kappa shape index (κ1) is 19.2. The molecule has 0 spiro atoms. The number of sulfone groups is 1. The third kappa shape index (κ3) is 4.14. The molecule has 8 heteroatoms. The van der Waals surface area contributed by atoms with Crippen LogP contribution in [0.1, 0.15) is 12.0 Å². The van der Waals surface area contributed by atoms with E-state index >= 15 is 0 Å². The number of nitrogens with zero attached hydrogens (tertiary/aromatic N) is 1. The van der Waals surface area contributed by atoms with Crippen LogP contribution >= 0.6 is 24.0 Å². The first-order chi connectivity index (χ1) is 13.4. The van der Waals surface area contributed by atoms with Crippen molar-refractivity contribution >= 4 is 50.1 Å². The molecule has 0 N–H and O–H groups in total. The molecule has 2 heterocycles. The molecule has 1 atom stereocenters. The minimum absolute atomic E-state index is 0.0207. The number of thioether (sulfide) groups is 1. The standard InChI is InChI=1S/C20H17NO4S3/c22-19-18(27-20(26)21(19)15-9-10-28(23,24)13-15)12-14-5-4-8-17(11-14)25-16-6-2-1-3-7-16/h1-8,11-12,15H,9-10,13H2. The second-order valence-electron chi connectivity index (χ2n) is 6.60. The molecule has 4 rings (SSSR count). The summed E-state index contributed by atoms with van der Waals surface area (Å²) in [7, 11) is -3.09. The van der Waals surface area contributed by atoms with Gasteiger partial charge in [0.25, 0.3) is 5.91 Å². The molecular weight excluding hydrogens is 414 g/mol. The molecule has 0 aromatic heterocycles. The Kier molecular flexibility index (Phi) is 5.27. The van der Waals surface area contributed by atoms with Crippen molar-refractivity contribution in [2.45, 2.75) is 12.5 Å². The summed E-state index contributed by atoms with van der Waals surface area (Å²) in [6.45, 7) is 0. The van der Waals surface area contributed by atoms with E-state index in [2.05, 4.69) is 0 Å². The molecule has 1 unspecified atom stereocenters. The molecule has 28 heavy (non-hydrogen) atoms. The van der Waals surface area contributed by atoms with Crippen molar-refractivity contribution in [3.8, 4) is 11.5 Å². The number of benzene rings is 2. The van der Waals surface area contributed by atoms with E-state index in [-0.39, 0.29) is 23.5 Å². The van der Waals surface area contributed by atoms with Crippen molar-refractivity contribution in [3.05, 3.63) is 65.1 Å². The Morgan fingerprint density at radius 1 is 1.11 bits per heavy atom. The lowest BCUT2D eigenvalue weighted by molar-refractivity contribution is -0.123. The van der Waals surface area contributed by atoms with Gasteiger partial charge in [0.05, 0.1) is 22.5 Å². The van der Waals surface area contributed by atoms with E-state index < -0.39 is 9.84 Å². The van der Waals surface area contributed by atoms with Crippen molar-refractivity contribution in [2.24, 2.45) is 0 Å². The Balaban J connectivity index is 1.54. The van der Waals surface area contributed by atoms with Crippen LogP contribution in [0.3, 0.4) is 0 Å².